The molecule has 0 radical (unpaired) electrons. The van der Waals surface area contributed by atoms with Crippen molar-refractivity contribution < 1.29 is 9.59 Å². The smallest absolute Gasteiger partial charge is 0.257 e. The summed E-state index contributed by atoms with van der Waals surface area (Å²) in [6.45, 7) is 0. The van der Waals surface area contributed by atoms with E-state index in [0.29, 0.717) is 16.1 Å². The first kappa shape index (κ1) is 12.9. The molecular weight excluding hydrogens is 274 g/mol. The fourth-order valence-corrected chi connectivity index (χ4v) is 3.84. The molecule has 1 aliphatic carbocycles. The number of H-pyrrole nitrogens is 1. The van der Waals surface area contributed by atoms with E-state index in [1.165, 1.54) is 16.2 Å². The number of carbonyl (C=O) groups is 2. The van der Waals surface area contributed by atoms with Gasteiger partial charge in [-0.25, -0.2) is 0 Å². The summed E-state index contributed by atoms with van der Waals surface area (Å²) in [6, 6.07) is 1.69. The molecule has 5 nitrogen and oxygen atoms in total. The quantitative estimate of drug-likeness (QED) is 0.809. The van der Waals surface area contributed by atoms with Crippen LogP contribution in [0.25, 0.3) is 0 Å². The first-order valence-corrected chi connectivity index (χ1v) is 7.37. The number of primary amides is 1. The number of anilines is 1. The van der Waals surface area contributed by atoms with E-state index in [9.17, 15) is 9.59 Å². The van der Waals surface area contributed by atoms with Crippen LogP contribution >= 0.6 is 11.3 Å². The number of hydrogen-bond donors (Lipinski definition) is 3. The molecule has 6 heteroatoms. The fourth-order valence-electron chi connectivity index (χ4n) is 2.56. The summed E-state index contributed by atoms with van der Waals surface area (Å²) >= 11 is 1.47. The molecule has 20 heavy (non-hydrogen) atoms. The van der Waals surface area contributed by atoms with Crippen molar-refractivity contribution in [2.45, 2.75) is 25.7 Å². The van der Waals surface area contributed by atoms with Crippen molar-refractivity contribution in [1.29, 1.82) is 0 Å². The number of aromatic amines is 1. The minimum absolute atomic E-state index is 0.229. The summed E-state index contributed by atoms with van der Waals surface area (Å²) in [6.07, 6.45) is 7.31. The van der Waals surface area contributed by atoms with Gasteiger partial charge in [-0.15, -0.1) is 11.3 Å². The molecule has 0 bridgehead atoms. The zero-order valence-electron chi connectivity index (χ0n) is 10.9. The highest BCUT2D eigenvalue weighted by atomic mass is 32.1. The van der Waals surface area contributed by atoms with E-state index >= 15 is 0 Å². The van der Waals surface area contributed by atoms with E-state index in [2.05, 4.69) is 10.3 Å². The standard InChI is InChI=1S/C14H15N3O2S/c15-12(18)11-9-3-1-2-4-10(9)20-14(11)17-13(19)8-5-6-16-7-8/h5-7,16H,1-4H2,(H2,15,18)(H,17,19). The van der Waals surface area contributed by atoms with Crippen LogP contribution in [0.5, 0.6) is 0 Å². The summed E-state index contributed by atoms with van der Waals surface area (Å²) in [5, 5.41) is 3.39. The number of aromatic nitrogens is 1. The first-order valence-electron chi connectivity index (χ1n) is 6.55. The lowest BCUT2D eigenvalue weighted by Crippen LogP contribution is -2.18. The Morgan fingerprint density at radius 1 is 1.30 bits per heavy atom. The third-order valence-electron chi connectivity index (χ3n) is 3.50. The number of hydrogen-bond acceptors (Lipinski definition) is 3. The maximum atomic E-state index is 12.1. The van der Waals surface area contributed by atoms with Crippen molar-refractivity contribution in [3.05, 3.63) is 40.0 Å². The number of aryl methyl sites for hydroxylation is 1. The minimum atomic E-state index is -0.464. The van der Waals surface area contributed by atoms with Crippen molar-refractivity contribution >= 4 is 28.2 Å². The van der Waals surface area contributed by atoms with Crippen molar-refractivity contribution in [2.24, 2.45) is 5.73 Å². The second kappa shape index (κ2) is 5.13. The molecule has 2 aromatic heterocycles. The summed E-state index contributed by atoms with van der Waals surface area (Å²) in [5.74, 6) is -0.693. The minimum Gasteiger partial charge on any atom is -0.367 e. The molecule has 0 saturated heterocycles. The van der Waals surface area contributed by atoms with Crippen molar-refractivity contribution in [3.63, 3.8) is 0 Å². The molecular formula is C14H15N3O2S. The van der Waals surface area contributed by atoms with E-state index in [-0.39, 0.29) is 5.91 Å². The Bertz CT molecular complexity index is 658. The molecule has 104 valence electrons. The van der Waals surface area contributed by atoms with Gasteiger partial charge in [-0.1, -0.05) is 0 Å². The zero-order chi connectivity index (χ0) is 14.1. The molecule has 0 aromatic carbocycles. The summed E-state index contributed by atoms with van der Waals surface area (Å²) in [4.78, 5) is 27.8. The van der Waals surface area contributed by atoms with Gasteiger partial charge in [0.25, 0.3) is 11.8 Å². The van der Waals surface area contributed by atoms with Gasteiger partial charge in [-0.3, -0.25) is 9.59 Å². The van der Waals surface area contributed by atoms with Crippen LogP contribution in [-0.4, -0.2) is 16.8 Å². The molecule has 0 spiro atoms. The number of nitrogens with two attached hydrogens (primary N) is 1. The van der Waals surface area contributed by atoms with Crippen molar-refractivity contribution in [2.75, 3.05) is 5.32 Å². The second-order valence-corrected chi connectivity index (χ2v) is 5.94. The highest BCUT2D eigenvalue weighted by molar-refractivity contribution is 7.17. The van der Waals surface area contributed by atoms with Gasteiger partial charge in [0.2, 0.25) is 0 Å². The Balaban J connectivity index is 1.95. The Hall–Kier alpha value is -2.08. The molecule has 0 atom stereocenters. The second-order valence-electron chi connectivity index (χ2n) is 4.83. The van der Waals surface area contributed by atoms with Crippen LogP contribution in [0.1, 0.15) is 44.0 Å². The van der Waals surface area contributed by atoms with Gasteiger partial charge in [0.1, 0.15) is 5.00 Å². The zero-order valence-corrected chi connectivity index (χ0v) is 11.7. The molecule has 4 N–H and O–H groups in total. The van der Waals surface area contributed by atoms with E-state index in [0.717, 1.165) is 31.2 Å². The van der Waals surface area contributed by atoms with Gasteiger partial charge >= 0.3 is 0 Å². The molecule has 0 saturated carbocycles. The van der Waals surface area contributed by atoms with Crippen LogP contribution < -0.4 is 11.1 Å². The molecule has 3 rings (SSSR count). The van der Waals surface area contributed by atoms with Crippen molar-refractivity contribution in [3.8, 4) is 0 Å². The predicted molar refractivity (Wildman–Crippen MR) is 78.2 cm³/mol. The van der Waals surface area contributed by atoms with Crippen LogP contribution in [0, 0.1) is 0 Å². The lowest BCUT2D eigenvalue weighted by molar-refractivity contribution is 0.100. The number of rotatable bonds is 3. The number of amides is 2. The van der Waals surface area contributed by atoms with Crippen LogP contribution in [0.2, 0.25) is 0 Å². The average molecular weight is 289 g/mol. The normalized spacial score (nSPS) is 13.8. The number of carbonyl (C=O) groups excluding carboxylic acids is 2. The SMILES string of the molecule is NC(=O)c1c(NC(=O)c2cc[nH]c2)sc2c1CCCC2. The number of thiophene rings is 1. The van der Waals surface area contributed by atoms with Gasteiger partial charge in [-0.05, 0) is 37.3 Å². The highest BCUT2D eigenvalue weighted by Crippen LogP contribution is 2.38. The Labute approximate surface area is 120 Å². The van der Waals surface area contributed by atoms with Gasteiger partial charge in [0.15, 0.2) is 0 Å². The monoisotopic (exact) mass is 289 g/mol. The van der Waals surface area contributed by atoms with E-state index in [1.807, 2.05) is 0 Å². The fraction of sp³-hybridized carbons (Fsp3) is 0.286. The molecule has 0 unspecified atom stereocenters. The van der Waals surface area contributed by atoms with Gasteiger partial charge in [0, 0.05) is 17.3 Å². The summed E-state index contributed by atoms with van der Waals surface area (Å²) in [7, 11) is 0. The van der Waals surface area contributed by atoms with E-state index in [1.54, 1.807) is 18.5 Å². The number of nitrogens with one attached hydrogen (secondary N) is 2. The van der Waals surface area contributed by atoms with Crippen molar-refractivity contribution in [1.82, 2.24) is 4.98 Å². The Morgan fingerprint density at radius 2 is 2.10 bits per heavy atom. The highest BCUT2D eigenvalue weighted by Gasteiger charge is 2.25. The summed E-state index contributed by atoms with van der Waals surface area (Å²) in [5.41, 5.74) is 7.54. The van der Waals surface area contributed by atoms with Gasteiger partial charge < -0.3 is 16.0 Å². The largest absolute Gasteiger partial charge is 0.367 e. The third-order valence-corrected chi connectivity index (χ3v) is 4.71. The molecule has 0 aliphatic heterocycles. The average Bonchev–Trinajstić information content (AvgIpc) is 3.05. The van der Waals surface area contributed by atoms with Gasteiger partial charge in [-0.2, -0.15) is 0 Å². The van der Waals surface area contributed by atoms with E-state index in [4.69, 9.17) is 5.73 Å². The van der Waals surface area contributed by atoms with Crippen LogP contribution in [0.3, 0.4) is 0 Å². The van der Waals surface area contributed by atoms with Crippen LogP contribution in [-0.2, 0) is 12.8 Å². The lowest BCUT2D eigenvalue weighted by atomic mass is 9.95. The topological polar surface area (TPSA) is 88.0 Å². The molecule has 2 heterocycles. The molecule has 0 fully saturated rings. The predicted octanol–water partition coefficient (Wildman–Crippen LogP) is 2.31. The lowest BCUT2D eigenvalue weighted by Gasteiger charge is -2.11. The first-order chi connectivity index (χ1) is 9.66. The Kier molecular flexibility index (Phi) is 3.31. The van der Waals surface area contributed by atoms with Crippen LogP contribution in [0.15, 0.2) is 18.5 Å². The third kappa shape index (κ3) is 2.22. The number of fused-ring (bicyclic) bond motifs is 1. The summed E-state index contributed by atoms with van der Waals surface area (Å²) < 4.78 is 0. The molecule has 1 aliphatic rings. The molecule has 2 amide bonds. The van der Waals surface area contributed by atoms with Crippen LogP contribution in [0.4, 0.5) is 5.00 Å². The van der Waals surface area contributed by atoms with E-state index < -0.39 is 5.91 Å². The maximum Gasteiger partial charge on any atom is 0.257 e. The van der Waals surface area contributed by atoms with Gasteiger partial charge in [0.05, 0.1) is 11.1 Å². The Morgan fingerprint density at radius 3 is 2.80 bits per heavy atom. The molecule has 2 aromatic rings. The maximum absolute atomic E-state index is 12.1.